The maximum atomic E-state index is 9.99. The molecule has 1 aromatic carbocycles. The molecule has 1 rings (SSSR count). The lowest BCUT2D eigenvalue weighted by Gasteiger charge is -2.30. The summed E-state index contributed by atoms with van der Waals surface area (Å²) in [6, 6.07) is 10.0. The molecule has 0 fully saturated rings. The Balaban J connectivity index is 2.68. The first kappa shape index (κ1) is 15.8. The fraction of sp³-hybridized carbons (Fsp3) is 0.529. The lowest BCUT2D eigenvalue weighted by atomic mass is 9.88. The van der Waals surface area contributed by atoms with E-state index in [9.17, 15) is 5.11 Å². The summed E-state index contributed by atoms with van der Waals surface area (Å²) in [4.78, 5) is 0. The van der Waals surface area contributed by atoms with E-state index in [0.717, 1.165) is 5.56 Å². The normalized spacial score (nSPS) is 17.2. The number of aliphatic hydroxyl groups excluding tert-OH is 1. The molecular weight excluding hydrogens is 236 g/mol. The molecule has 0 aliphatic carbocycles. The Labute approximate surface area is 116 Å². The molecule has 0 spiro atoms. The van der Waals surface area contributed by atoms with Gasteiger partial charge >= 0.3 is 0 Å². The van der Waals surface area contributed by atoms with Crippen molar-refractivity contribution in [1.82, 2.24) is 0 Å². The summed E-state index contributed by atoms with van der Waals surface area (Å²) >= 11 is 0. The van der Waals surface area contributed by atoms with Crippen molar-refractivity contribution in [2.45, 2.75) is 46.0 Å². The summed E-state index contributed by atoms with van der Waals surface area (Å²) in [5.74, 6) is 2.74. The third-order valence-electron chi connectivity index (χ3n) is 3.58. The summed E-state index contributed by atoms with van der Waals surface area (Å²) in [6.45, 7) is 6.46. The zero-order valence-corrected chi connectivity index (χ0v) is 12.0. The second-order valence-corrected chi connectivity index (χ2v) is 5.05. The SMILES string of the molecule is C#C[C@H](C)[C@@H](OCc1ccccc1)[C@@H](C)[C@H](O)CC. The minimum atomic E-state index is -0.378. The fourth-order valence-corrected chi connectivity index (χ4v) is 2.20. The van der Waals surface area contributed by atoms with Crippen LogP contribution in [0.25, 0.3) is 0 Å². The number of rotatable bonds is 7. The highest BCUT2D eigenvalue weighted by Crippen LogP contribution is 2.22. The molecule has 2 heteroatoms. The third kappa shape index (κ3) is 4.70. The first-order chi connectivity index (χ1) is 9.10. The van der Waals surface area contributed by atoms with Gasteiger partial charge in [-0.3, -0.25) is 0 Å². The molecule has 0 heterocycles. The lowest BCUT2D eigenvalue weighted by molar-refractivity contribution is -0.0545. The molecule has 19 heavy (non-hydrogen) atoms. The van der Waals surface area contributed by atoms with Crippen molar-refractivity contribution in [3.63, 3.8) is 0 Å². The molecule has 0 aliphatic rings. The van der Waals surface area contributed by atoms with Crippen LogP contribution in [0.4, 0.5) is 0 Å². The van der Waals surface area contributed by atoms with Gasteiger partial charge in [0, 0.05) is 11.8 Å². The van der Waals surface area contributed by atoms with Gasteiger partial charge in [0.25, 0.3) is 0 Å². The minimum absolute atomic E-state index is 0.0140. The highest BCUT2D eigenvalue weighted by molar-refractivity contribution is 5.13. The second-order valence-electron chi connectivity index (χ2n) is 5.05. The number of terminal acetylenes is 1. The van der Waals surface area contributed by atoms with E-state index in [0.29, 0.717) is 13.0 Å². The Morgan fingerprint density at radius 3 is 2.42 bits per heavy atom. The number of hydrogen-bond donors (Lipinski definition) is 1. The molecule has 0 aromatic heterocycles. The minimum Gasteiger partial charge on any atom is -0.393 e. The molecule has 1 N–H and O–H groups in total. The molecule has 0 radical (unpaired) electrons. The number of benzene rings is 1. The van der Waals surface area contributed by atoms with Crippen LogP contribution >= 0.6 is 0 Å². The van der Waals surface area contributed by atoms with Crippen molar-refractivity contribution < 1.29 is 9.84 Å². The predicted molar refractivity (Wildman–Crippen MR) is 78.5 cm³/mol. The molecule has 0 aliphatic heterocycles. The average Bonchev–Trinajstić information content (AvgIpc) is 2.47. The maximum absolute atomic E-state index is 9.99. The van der Waals surface area contributed by atoms with Crippen LogP contribution in [0.2, 0.25) is 0 Å². The molecule has 1 aromatic rings. The summed E-state index contributed by atoms with van der Waals surface area (Å²) in [6.07, 6.45) is 5.72. The van der Waals surface area contributed by atoms with Gasteiger partial charge in [0.2, 0.25) is 0 Å². The first-order valence-corrected chi connectivity index (χ1v) is 6.89. The molecule has 2 nitrogen and oxygen atoms in total. The average molecular weight is 260 g/mol. The zero-order chi connectivity index (χ0) is 14.3. The molecule has 0 unspecified atom stereocenters. The van der Waals surface area contributed by atoms with Gasteiger partial charge in [0.15, 0.2) is 0 Å². The first-order valence-electron chi connectivity index (χ1n) is 6.89. The Bertz CT molecular complexity index is 393. The van der Waals surface area contributed by atoms with Crippen LogP contribution in [-0.4, -0.2) is 17.3 Å². The zero-order valence-electron chi connectivity index (χ0n) is 12.0. The van der Waals surface area contributed by atoms with Gasteiger partial charge in [0.1, 0.15) is 0 Å². The van der Waals surface area contributed by atoms with Crippen molar-refractivity contribution in [3.8, 4) is 12.3 Å². The Hall–Kier alpha value is -1.30. The van der Waals surface area contributed by atoms with E-state index in [1.807, 2.05) is 51.1 Å². The number of ether oxygens (including phenoxy) is 1. The van der Waals surface area contributed by atoms with Crippen LogP contribution < -0.4 is 0 Å². The van der Waals surface area contributed by atoms with E-state index in [1.165, 1.54) is 0 Å². The quantitative estimate of drug-likeness (QED) is 0.763. The number of aliphatic hydroxyl groups is 1. The third-order valence-corrected chi connectivity index (χ3v) is 3.58. The Kier molecular flexibility index (Phi) is 6.62. The maximum Gasteiger partial charge on any atom is 0.0764 e. The van der Waals surface area contributed by atoms with Gasteiger partial charge in [-0.2, -0.15) is 0 Å². The van der Waals surface area contributed by atoms with Crippen molar-refractivity contribution in [2.75, 3.05) is 0 Å². The molecule has 0 amide bonds. The Morgan fingerprint density at radius 2 is 1.89 bits per heavy atom. The van der Waals surface area contributed by atoms with Crippen molar-refractivity contribution in [1.29, 1.82) is 0 Å². The van der Waals surface area contributed by atoms with Crippen LogP contribution in [-0.2, 0) is 11.3 Å². The Morgan fingerprint density at radius 1 is 1.26 bits per heavy atom. The molecule has 4 atom stereocenters. The number of hydrogen-bond acceptors (Lipinski definition) is 2. The van der Waals surface area contributed by atoms with E-state index in [2.05, 4.69) is 5.92 Å². The molecule has 0 bridgehead atoms. The van der Waals surface area contributed by atoms with Gasteiger partial charge in [0.05, 0.1) is 18.8 Å². The monoisotopic (exact) mass is 260 g/mol. The molecule has 0 saturated carbocycles. The van der Waals surface area contributed by atoms with E-state index in [1.54, 1.807) is 0 Å². The summed E-state index contributed by atoms with van der Waals surface area (Å²) in [5.41, 5.74) is 1.12. The van der Waals surface area contributed by atoms with Crippen LogP contribution in [0.1, 0.15) is 32.8 Å². The smallest absolute Gasteiger partial charge is 0.0764 e. The predicted octanol–water partition coefficient (Wildman–Crippen LogP) is 3.25. The molecule has 0 saturated heterocycles. The summed E-state index contributed by atoms with van der Waals surface area (Å²) in [5, 5.41) is 9.99. The largest absolute Gasteiger partial charge is 0.393 e. The molecular formula is C17H24O2. The highest BCUT2D eigenvalue weighted by atomic mass is 16.5. The van der Waals surface area contributed by atoms with Crippen LogP contribution in [0.5, 0.6) is 0 Å². The van der Waals surface area contributed by atoms with E-state index < -0.39 is 0 Å². The summed E-state index contributed by atoms with van der Waals surface area (Å²) in [7, 11) is 0. The highest BCUT2D eigenvalue weighted by Gasteiger charge is 2.28. The van der Waals surface area contributed by atoms with Crippen molar-refractivity contribution in [2.24, 2.45) is 11.8 Å². The van der Waals surface area contributed by atoms with Gasteiger partial charge in [-0.1, -0.05) is 44.2 Å². The van der Waals surface area contributed by atoms with Crippen LogP contribution in [0, 0.1) is 24.2 Å². The lowest BCUT2D eigenvalue weighted by Crippen LogP contribution is -2.35. The topological polar surface area (TPSA) is 29.5 Å². The van der Waals surface area contributed by atoms with E-state index in [4.69, 9.17) is 11.2 Å². The van der Waals surface area contributed by atoms with E-state index >= 15 is 0 Å². The van der Waals surface area contributed by atoms with Crippen LogP contribution in [0.3, 0.4) is 0 Å². The molecule has 104 valence electrons. The standard InChI is InChI=1S/C17H24O2/c1-5-13(3)17(14(4)16(18)6-2)19-12-15-10-8-7-9-11-15/h1,7-11,13-14,16-18H,6,12H2,2-4H3/t13-,14-,16+,17+/m0/s1. The second kappa shape index (κ2) is 7.99. The van der Waals surface area contributed by atoms with Crippen LogP contribution in [0.15, 0.2) is 30.3 Å². The van der Waals surface area contributed by atoms with Gasteiger partial charge in [-0.15, -0.1) is 12.3 Å². The fourth-order valence-electron chi connectivity index (χ4n) is 2.20. The van der Waals surface area contributed by atoms with Gasteiger partial charge in [-0.05, 0) is 18.9 Å². The summed E-state index contributed by atoms with van der Waals surface area (Å²) < 4.78 is 5.96. The van der Waals surface area contributed by atoms with Gasteiger partial charge < -0.3 is 9.84 Å². The van der Waals surface area contributed by atoms with E-state index in [-0.39, 0.29) is 24.0 Å². The van der Waals surface area contributed by atoms with Gasteiger partial charge in [-0.25, -0.2) is 0 Å². The van der Waals surface area contributed by atoms with Crippen molar-refractivity contribution in [3.05, 3.63) is 35.9 Å². The van der Waals surface area contributed by atoms with Crippen molar-refractivity contribution >= 4 is 0 Å².